The summed E-state index contributed by atoms with van der Waals surface area (Å²) in [6.07, 6.45) is 3.39. The van der Waals surface area contributed by atoms with Crippen molar-refractivity contribution in [3.63, 3.8) is 0 Å². The molecule has 0 amide bonds. The molecular weight excluding hydrogens is 238 g/mol. The topological polar surface area (TPSA) is 44.5 Å². The van der Waals surface area contributed by atoms with E-state index in [0.29, 0.717) is 25.0 Å². The molecule has 3 rings (SSSR count). The number of hydrogen-bond donors (Lipinski definition) is 1. The van der Waals surface area contributed by atoms with Crippen LogP contribution in [0.1, 0.15) is 38.7 Å². The minimum absolute atomic E-state index is 0.215. The molecule has 0 bridgehead atoms. The molecule has 0 radical (unpaired) electrons. The number of benzene rings is 1. The van der Waals surface area contributed by atoms with Gasteiger partial charge >= 0.3 is 0 Å². The Kier molecular flexibility index (Phi) is 3.17. The van der Waals surface area contributed by atoms with Crippen LogP contribution in [-0.4, -0.2) is 13.2 Å². The summed E-state index contributed by atoms with van der Waals surface area (Å²) in [4.78, 5) is 0. The smallest absolute Gasteiger partial charge is 0.161 e. The van der Waals surface area contributed by atoms with Crippen LogP contribution in [-0.2, 0) is 5.54 Å². The van der Waals surface area contributed by atoms with Crippen molar-refractivity contribution in [3.8, 4) is 11.5 Å². The molecule has 2 unspecified atom stereocenters. The van der Waals surface area contributed by atoms with E-state index in [4.69, 9.17) is 15.2 Å². The molecule has 1 aromatic rings. The molecule has 2 N–H and O–H groups in total. The minimum Gasteiger partial charge on any atom is -0.486 e. The lowest BCUT2D eigenvalue weighted by molar-refractivity contribution is 0.166. The maximum atomic E-state index is 6.70. The lowest BCUT2D eigenvalue weighted by atomic mass is 9.69. The van der Waals surface area contributed by atoms with Crippen molar-refractivity contribution in [2.24, 2.45) is 17.6 Å². The highest BCUT2D eigenvalue weighted by Gasteiger charge is 2.36. The highest BCUT2D eigenvalue weighted by Crippen LogP contribution is 2.43. The highest BCUT2D eigenvalue weighted by molar-refractivity contribution is 5.46. The molecule has 1 aliphatic heterocycles. The molecule has 1 heterocycles. The van der Waals surface area contributed by atoms with Crippen LogP contribution in [0.5, 0.6) is 11.5 Å². The zero-order valence-corrected chi connectivity index (χ0v) is 11.8. The van der Waals surface area contributed by atoms with E-state index in [2.05, 4.69) is 26.0 Å². The van der Waals surface area contributed by atoms with Gasteiger partial charge in [0.05, 0.1) is 0 Å². The first-order valence-electron chi connectivity index (χ1n) is 7.26. The SMILES string of the molecule is CC1CC(C)CC(N)(c2ccc3c(c2)OCCO3)C1. The van der Waals surface area contributed by atoms with Crippen molar-refractivity contribution >= 4 is 0 Å². The molecule has 2 atom stereocenters. The molecule has 1 aliphatic carbocycles. The van der Waals surface area contributed by atoms with Gasteiger partial charge in [-0.15, -0.1) is 0 Å². The third-order valence-electron chi connectivity index (χ3n) is 4.35. The Labute approximate surface area is 115 Å². The maximum Gasteiger partial charge on any atom is 0.161 e. The van der Waals surface area contributed by atoms with Crippen LogP contribution in [0.4, 0.5) is 0 Å². The van der Waals surface area contributed by atoms with Gasteiger partial charge in [0.1, 0.15) is 13.2 Å². The quantitative estimate of drug-likeness (QED) is 0.845. The van der Waals surface area contributed by atoms with Crippen molar-refractivity contribution in [2.45, 2.75) is 38.6 Å². The van der Waals surface area contributed by atoms with Gasteiger partial charge in [-0.05, 0) is 48.8 Å². The van der Waals surface area contributed by atoms with E-state index >= 15 is 0 Å². The normalized spacial score (nSPS) is 34.1. The summed E-state index contributed by atoms with van der Waals surface area (Å²) in [6.45, 7) is 5.86. The molecule has 1 saturated carbocycles. The molecule has 104 valence electrons. The summed E-state index contributed by atoms with van der Waals surface area (Å²) < 4.78 is 11.2. The van der Waals surface area contributed by atoms with Gasteiger partial charge in [-0.1, -0.05) is 19.9 Å². The molecular formula is C16H23NO2. The Morgan fingerprint density at radius 1 is 1.05 bits per heavy atom. The van der Waals surface area contributed by atoms with Gasteiger partial charge in [0.25, 0.3) is 0 Å². The van der Waals surface area contributed by atoms with Gasteiger partial charge in [-0.25, -0.2) is 0 Å². The van der Waals surface area contributed by atoms with Crippen molar-refractivity contribution in [3.05, 3.63) is 23.8 Å². The molecule has 19 heavy (non-hydrogen) atoms. The van der Waals surface area contributed by atoms with Crippen LogP contribution in [0.15, 0.2) is 18.2 Å². The van der Waals surface area contributed by atoms with Crippen LogP contribution < -0.4 is 15.2 Å². The first-order valence-corrected chi connectivity index (χ1v) is 7.26. The van der Waals surface area contributed by atoms with E-state index in [1.165, 1.54) is 12.0 Å². The predicted octanol–water partition coefficient (Wildman–Crippen LogP) is 3.07. The van der Waals surface area contributed by atoms with E-state index in [1.807, 2.05) is 6.07 Å². The second-order valence-electron chi connectivity index (χ2n) is 6.37. The predicted molar refractivity (Wildman–Crippen MR) is 75.5 cm³/mol. The largest absolute Gasteiger partial charge is 0.486 e. The number of ether oxygens (including phenoxy) is 2. The van der Waals surface area contributed by atoms with E-state index in [9.17, 15) is 0 Å². The molecule has 2 aliphatic rings. The van der Waals surface area contributed by atoms with Gasteiger partial charge < -0.3 is 15.2 Å². The van der Waals surface area contributed by atoms with E-state index in [1.54, 1.807) is 0 Å². The third kappa shape index (κ3) is 2.44. The van der Waals surface area contributed by atoms with Gasteiger partial charge in [0, 0.05) is 5.54 Å². The summed E-state index contributed by atoms with van der Waals surface area (Å²) in [7, 11) is 0. The zero-order valence-electron chi connectivity index (χ0n) is 11.8. The fourth-order valence-corrected chi connectivity index (χ4v) is 3.77. The number of rotatable bonds is 1. The molecule has 0 saturated heterocycles. The highest BCUT2D eigenvalue weighted by atomic mass is 16.6. The second kappa shape index (κ2) is 4.71. The van der Waals surface area contributed by atoms with E-state index < -0.39 is 0 Å². The molecule has 3 nitrogen and oxygen atoms in total. The Balaban J connectivity index is 1.92. The Hall–Kier alpha value is -1.22. The van der Waals surface area contributed by atoms with Gasteiger partial charge in [-0.2, -0.15) is 0 Å². The van der Waals surface area contributed by atoms with Crippen molar-refractivity contribution < 1.29 is 9.47 Å². The monoisotopic (exact) mass is 261 g/mol. The molecule has 1 aromatic carbocycles. The summed E-state index contributed by atoms with van der Waals surface area (Å²) in [5.74, 6) is 3.05. The van der Waals surface area contributed by atoms with Crippen LogP contribution in [0.3, 0.4) is 0 Å². The van der Waals surface area contributed by atoms with Gasteiger partial charge in [-0.3, -0.25) is 0 Å². The van der Waals surface area contributed by atoms with Gasteiger partial charge in [0.2, 0.25) is 0 Å². The zero-order chi connectivity index (χ0) is 13.5. The van der Waals surface area contributed by atoms with Crippen molar-refractivity contribution in [1.29, 1.82) is 0 Å². The summed E-state index contributed by atoms with van der Waals surface area (Å²) >= 11 is 0. The van der Waals surface area contributed by atoms with Crippen molar-refractivity contribution in [2.75, 3.05) is 13.2 Å². The van der Waals surface area contributed by atoms with Crippen LogP contribution in [0.25, 0.3) is 0 Å². The summed E-state index contributed by atoms with van der Waals surface area (Å²) in [5.41, 5.74) is 7.67. The second-order valence-corrected chi connectivity index (χ2v) is 6.37. The van der Waals surface area contributed by atoms with Crippen molar-refractivity contribution in [1.82, 2.24) is 0 Å². The van der Waals surface area contributed by atoms with E-state index in [0.717, 1.165) is 24.3 Å². The lowest BCUT2D eigenvalue weighted by Gasteiger charge is -2.41. The molecule has 0 spiro atoms. The maximum absolute atomic E-state index is 6.70. The number of hydrogen-bond acceptors (Lipinski definition) is 3. The third-order valence-corrected chi connectivity index (χ3v) is 4.35. The fraction of sp³-hybridized carbons (Fsp3) is 0.625. The Bertz CT molecular complexity index is 462. The number of fused-ring (bicyclic) bond motifs is 1. The average molecular weight is 261 g/mol. The molecule has 1 fully saturated rings. The lowest BCUT2D eigenvalue weighted by Crippen LogP contribution is -2.43. The first-order chi connectivity index (χ1) is 9.07. The summed E-state index contributed by atoms with van der Waals surface area (Å²) in [6, 6.07) is 6.19. The molecule has 3 heteroatoms. The molecule has 0 aromatic heterocycles. The Morgan fingerprint density at radius 2 is 1.68 bits per heavy atom. The summed E-state index contributed by atoms with van der Waals surface area (Å²) in [5, 5.41) is 0. The first kappa shape index (κ1) is 12.8. The average Bonchev–Trinajstić information content (AvgIpc) is 2.36. The fourth-order valence-electron chi connectivity index (χ4n) is 3.77. The standard InChI is InChI=1S/C16H23NO2/c1-11-7-12(2)10-16(17,9-11)13-3-4-14-15(8-13)19-6-5-18-14/h3-4,8,11-12H,5-7,9-10,17H2,1-2H3. The Morgan fingerprint density at radius 3 is 2.37 bits per heavy atom. The van der Waals surface area contributed by atoms with Crippen LogP contribution in [0, 0.1) is 11.8 Å². The van der Waals surface area contributed by atoms with E-state index in [-0.39, 0.29) is 5.54 Å². The minimum atomic E-state index is -0.215. The number of nitrogens with two attached hydrogens (primary N) is 1. The van der Waals surface area contributed by atoms with Gasteiger partial charge in [0.15, 0.2) is 11.5 Å². The van der Waals surface area contributed by atoms with Crippen LogP contribution >= 0.6 is 0 Å². The van der Waals surface area contributed by atoms with Crippen LogP contribution in [0.2, 0.25) is 0 Å².